The quantitative estimate of drug-likeness (QED) is 0.712. The zero-order chi connectivity index (χ0) is 14.8. The Morgan fingerprint density at radius 1 is 1.16 bits per heavy atom. The summed E-state index contributed by atoms with van der Waals surface area (Å²) in [5.74, 6) is -3.86. The first-order valence-electron chi connectivity index (χ1n) is 4.95. The average Bonchev–Trinajstić information content (AvgIpc) is 2.35. The van der Waals surface area contributed by atoms with Gasteiger partial charge in [0.25, 0.3) is 5.78 Å². The van der Waals surface area contributed by atoms with E-state index in [0.29, 0.717) is 6.07 Å². The van der Waals surface area contributed by atoms with Gasteiger partial charge in [0.2, 0.25) is 0 Å². The second-order valence-electron chi connectivity index (χ2n) is 3.68. The fourth-order valence-electron chi connectivity index (χ4n) is 1.34. The number of hydrogen-bond acceptors (Lipinski definition) is 4. The Labute approximate surface area is 104 Å². The molecule has 2 atom stereocenters. The van der Waals surface area contributed by atoms with Gasteiger partial charge in [-0.15, -0.1) is 0 Å². The highest BCUT2D eigenvalue weighted by Gasteiger charge is 2.39. The largest absolute Gasteiger partial charge is 0.479 e. The van der Waals surface area contributed by atoms with Crippen LogP contribution in [-0.4, -0.2) is 39.4 Å². The third-order valence-corrected chi connectivity index (χ3v) is 2.30. The van der Waals surface area contributed by atoms with Crippen LogP contribution in [-0.2, 0) is 4.79 Å². The summed E-state index contributed by atoms with van der Waals surface area (Å²) in [6, 6.07) is 3.71. The highest BCUT2D eigenvalue weighted by molar-refractivity contribution is 6.00. The first kappa shape index (κ1) is 15.1. The average molecular weight is 278 g/mol. The SMILES string of the molecule is O=C(O)C(O)C(O)c1cccc(C(=O)C(F)(F)F)c1. The maximum Gasteiger partial charge on any atom is 0.454 e. The number of rotatable bonds is 4. The van der Waals surface area contributed by atoms with Gasteiger partial charge in [-0.1, -0.05) is 18.2 Å². The second-order valence-corrected chi connectivity index (χ2v) is 3.68. The third-order valence-electron chi connectivity index (χ3n) is 2.30. The topological polar surface area (TPSA) is 94.8 Å². The van der Waals surface area contributed by atoms with Crippen LogP contribution in [0.1, 0.15) is 22.0 Å². The van der Waals surface area contributed by atoms with Crippen molar-refractivity contribution in [1.82, 2.24) is 0 Å². The van der Waals surface area contributed by atoms with Crippen LogP contribution < -0.4 is 0 Å². The summed E-state index contributed by atoms with van der Waals surface area (Å²) in [6.45, 7) is 0. The number of carboxylic acid groups (broad SMARTS) is 1. The lowest BCUT2D eigenvalue weighted by molar-refractivity contribution is -0.153. The Kier molecular flexibility index (Phi) is 4.28. The summed E-state index contributed by atoms with van der Waals surface area (Å²) < 4.78 is 36.6. The molecule has 0 aliphatic heterocycles. The molecule has 5 nitrogen and oxygen atoms in total. The molecular formula is C11H9F3O5. The van der Waals surface area contributed by atoms with Crippen LogP contribution in [0.5, 0.6) is 0 Å². The van der Waals surface area contributed by atoms with Gasteiger partial charge in [-0.25, -0.2) is 4.79 Å². The van der Waals surface area contributed by atoms with Gasteiger partial charge >= 0.3 is 12.1 Å². The molecule has 8 heteroatoms. The summed E-state index contributed by atoms with van der Waals surface area (Å²) in [5, 5.41) is 27.0. The summed E-state index contributed by atoms with van der Waals surface area (Å²) in [5.41, 5.74) is -1.05. The minimum atomic E-state index is -5.07. The normalized spacial score (nSPS) is 14.8. The van der Waals surface area contributed by atoms with Crippen molar-refractivity contribution in [3.63, 3.8) is 0 Å². The molecule has 1 aromatic carbocycles. The van der Waals surface area contributed by atoms with Gasteiger partial charge in [-0.3, -0.25) is 4.79 Å². The lowest BCUT2D eigenvalue weighted by Gasteiger charge is -2.15. The van der Waals surface area contributed by atoms with Crippen LogP contribution in [0.3, 0.4) is 0 Å². The van der Waals surface area contributed by atoms with E-state index in [0.717, 1.165) is 18.2 Å². The van der Waals surface area contributed by atoms with Crippen molar-refractivity contribution in [2.24, 2.45) is 0 Å². The van der Waals surface area contributed by atoms with Crippen molar-refractivity contribution in [3.8, 4) is 0 Å². The molecule has 0 amide bonds. The lowest BCUT2D eigenvalue weighted by Crippen LogP contribution is -2.28. The van der Waals surface area contributed by atoms with Crippen molar-refractivity contribution >= 4 is 11.8 Å². The van der Waals surface area contributed by atoms with Crippen LogP contribution in [0, 0.1) is 0 Å². The molecule has 1 aromatic rings. The molecule has 0 fully saturated rings. The number of ketones is 1. The molecule has 2 unspecified atom stereocenters. The minimum absolute atomic E-state index is 0.301. The van der Waals surface area contributed by atoms with Gasteiger partial charge in [-0.2, -0.15) is 13.2 Å². The number of carboxylic acids is 1. The maximum atomic E-state index is 12.2. The minimum Gasteiger partial charge on any atom is -0.479 e. The lowest BCUT2D eigenvalue weighted by atomic mass is 10.00. The number of aliphatic hydroxyl groups is 2. The van der Waals surface area contributed by atoms with Crippen molar-refractivity contribution in [3.05, 3.63) is 35.4 Å². The maximum absolute atomic E-state index is 12.2. The molecule has 0 bridgehead atoms. The fraction of sp³-hybridized carbons (Fsp3) is 0.273. The van der Waals surface area contributed by atoms with E-state index in [1.807, 2.05) is 0 Å². The first-order valence-corrected chi connectivity index (χ1v) is 4.95. The monoisotopic (exact) mass is 278 g/mol. The first-order chi connectivity index (χ1) is 8.64. The molecule has 0 saturated carbocycles. The predicted molar refractivity (Wildman–Crippen MR) is 55.4 cm³/mol. The summed E-state index contributed by atoms with van der Waals surface area (Å²) in [6.07, 6.45) is -9.20. The van der Waals surface area contributed by atoms with E-state index in [4.69, 9.17) is 10.2 Å². The highest BCUT2D eigenvalue weighted by Crippen LogP contribution is 2.24. The van der Waals surface area contributed by atoms with Crippen molar-refractivity contribution in [2.45, 2.75) is 18.4 Å². The summed E-state index contributed by atoms with van der Waals surface area (Å²) in [7, 11) is 0. The smallest absolute Gasteiger partial charge is 0.454 e. The molecule has 0 heterocycles. The Hall–Kier alpha value is -1.93. The van der Waals surface area contributed by atoms with E-state index >= 15 is 0 Å². The number of halogens is 3. The Morgan fingerprint density at radius 2 is 1.74 bits per heavy atom. The molecular weight excluding hydrogens is 269 g/mol. The highest BCUT2D eigenvalue weighted by atomic mass is 19.4. The predicted octanol–water partition coefficient (Wildman–Crippen LogP) is 0.911. The van der Waals surface area contributed by atoms with Gasteiger partial charge in [-0.05, 0) is 11.6 Å². The fourth-order valence-corrected chi connectivity index (χ4v) is 1.34. The number of aliphatic hydroxyl groups excluding tert-OH is 2. The molecule has 0 radical (unpaired) electrons. The second kappa shape index (κ2) is 5.37. The van der Waals surface area contributed by atoms with Crippen molar-refractivity contribution in [2.75, 3.05) is 0 Å². The number of benzene rings is 1. The Balaban J connectivity index is 3.08. The van der Waals surface area contributed by atoms with E-state index in [1.165, 1.54) is 0 Å². The molecule has 104 valence electrons. The number of Topliss-reactive ketones (excluding diaryl/α,β-unsaturated/α-hetero) is 1. The van der Waals surface area contributed by atoms with Gasteiger partial charge in [0.15, 0.2) is 6.10 Å². The zero-order valence-electron chi connectivity index (χ0n) is 9.26. The van der Waals surface area contributed by atoms with Crippen LogP contribution in [0.2, 0.25) is 0 Å². The Bertz CT molecular complexity index is 497. The number of carbonyl (C=O) groups excluding carboxylic acids is 1. The summed E-state index contributed by atoms with van der Waals surface area (Å²) >= 11 is 0. The van der Waals surface area contributed by atoms with Crippen molar-refractivity contribution in [1.29, 1.82) is 0 Å². The molecule has 3 N–H and O–H groups in total. The molecule has 0 aliphatic carbocycles. The Morgan fingerprint density at radius 3 is 2.21 bits per heavy atom. The van der Waals surface area contributed by atoms with Crippen molar-refractivity contribution < 1.29 is 38.1 Å². The zero-order valence-corrected chi connectivity index (χ0v) is 9.26. The molecule has 19 heavy (non-hydrogen) atoms. The van der Waals surface area contributed by atoms with Gasteiger partial charge < -0.3 is 15.3 Å². The number of aliphatic carboxylic acids is 1. The van der Waals surface area contributed by atoms with E-state index in [-0.39, 0.29) is 5.56 Å². The molecule has 0 spiro atoms. The van der Waals surface area contributed by atoms with E-state index in [1.54, 1.807) is 0 Å². The summed E-state index contributed by atoms with van der Waals surface area (Å²) in [4.78, 5) is 21.4. The molecule has 0 saturated heterocycles. The standard InChI is InChI=1S/C11H9F3O5/c12-11(13,14)9(17)6-3-1-2-5(4-6)7(15)8(16)10(18)19/h1-4,7-8,15-16H,(H,18,19). The molecule has 0 aromatic heterocycles. The van der Waals surface area contributed by atoms with Gasteiger partial charge in [0, 0.05) is 5.56 Å². The van der Waals surface area contributed by atoms with E-state index in [9.17, 15) is 27.9 Å². The van der Waals surface area contributed by atoms with Gasteiger partial charge in [0.05, 0.1) is 0 Å². The van der Waals surface area contributed by atoms with E-state index < -0.39 is 35.7 Å². The number of carbonyl (C=O) groups is 2. The van der Waals surface area contributed by atoms with Crippen LogP contribution in [0.4, 0.5) is 13.2 Å². The van der Waals surface area contributed by atoms with E-state index in [2.05, 4.69) is 0 Å². The molecule has 0 aliphatic rings. The third kappa shape index (κ3) is 3.52. The van der Waals surface area contributed by atoms with Crippen LogP contribution in [0.25, 0.3) is 0 Å². The number of alkyl halides is 3. The number of hydrogen-bond donors (Lipinski definition) is 3. The van der Waals surface area contributed by atoms with Crippen LogP contribution in [0.15, 0.2) is 24.3 Å². The molecule has 1 rings (SSSR count). The van der Waals surface area contributed by atoms with Gasteiger partial charge in [0.1, 0.15) is 6.10 Å². The van der Waals surface area contributed by atoms with Crippen LogP contribution >= 0.6 is 0 Å².